The topological polar surface area (TPSA) is 12.5 Å². The molecule has 0 aliphatic heterocycles. The molecule has 0 radical (unpaired) electrons. The van der Waals surface area contributed by atoms with Gasteiger partial charge in [0.1, 0.15) is 5.75 Å². The molecule has 0 N–H and O–H groups in total. The van der Waals surface area contributed by atoms with Gasteiger partial charge < -0.3 is 4.74 Å². The van der Waals surface area contributed by atoms with Gasteiger partial charge in [0.25, 0.3) is 0 Å². The predicted molar refractivity (Wildman–Crippen MR) is 115 cm³/mol. The van der Waals surface area contributed by atoms with Crippen molar-refractivity contribution in [3.8, 4) is 5.75 Å². The number of ether oxygens (including phenoxy) is 1. The molecular weight excluding hydrogens is 318 g/mol. The molecule has 0 aliphatic carbocycles. The molecule has 0 atom stereocenters. The minimum atomic E-state index is 0.723. The monoisotopic (exact) mass is 361 g/mol. The highest BCUT2D eigenvalue weighted by Gasteiger charge is 2.14. The van der Waals surface area contributed by atoms with E-state index in [1.165, 1.54) is 82.6 Å². The Bertz CT molecular complexity index is 414. The Kier molecular flexibility index (Phi) is 13.4. The fraction of sp³-hybridized carbons (Fsp3) is 0.750. The highest BCUT2D eigenvalue weighted by molar-refractivity contribution is 5.27. The maximum atomic E-state index is 5.28. The van der Waals surface area contributed by atoms with E-state index in [1.807, 2.05) is 0 Å². The van der Waals surface area contributed by atoms with E-state index in [0.717, 1.165) is 18.3 Å². The zero-order valence-electron chi connectivity index (χ0n) is 17.9. The zero-order valence-corrected chi connectivity index (χ0v) is 17.9. The number of benzene rings is 1. The first-order valence-corrected chi connectivity index (χ1v) is 11.0. The van der Waals surface area contributed by atoms with Gasteiger partial charge in [-0.1, -0.05) is 90.2 Å². The van der Waals surface area contributed by atoms with Gasteiger partial charge in [0, 0.05) is 12.6 Å². The van der Waals surface area contributed by atoms with Gasteiger partial charge in [-0.15, -0.1) is 0 Å². The fourth-order valence-corrected chi connectivity index (χ4v) is 3.70. The summed E-state index contributed by atoms with van der Waals surface area (Å²) in [6, 6.07) is 9.28. The van der Waals surface area contributed by atoms with Crippen molar-refractivity contribution in [2.45, 2.75) is 103 Å². The van der Waals surface area contributed by atoms with Crippen LogP contribution >= 0.6 is 0 Å². The summed E-state index contributed by atoms with van der Waals surface area (Å²) in [7, 11) is 4.04. The third-order valence-electron chi connectivity index (χ3n) is 5.50. The van der Waals surface area contributed by atoms with E-state index in [0.29, 0.717) is 0 Å². The first kappa shape index (κ1) is 23.0. The second kappa shape index (κ2) is 15.1. The zero-order chi connectivity index (χ0) is 19.0. The molecule has 1 aromatic carbocycles. The molecule has 2 nitrogen and oxygen atoms in total. The molecule has 0 heterocycles. The molecule has 0 aliphatic rings. The summed E-state index contributed by atoms with van der Waals surface area (Å²) in [6.07, 6.45) is 16.5. The van der Waals surface area contributed by atoms with Crippen LogP contribution in [0.5, 0.6) is 5.75 Å². The van der Waals surface area contributed by atoms with Gasteiger partial charge in [-0.2, -0.15) is 0 Å². The Balaban J connectivity index is 2.47. The van der Waals surface area contributed by atoms with Gasteiger partial charge in [-0.25, -0.2) is 0 Å². The van der Waals surface area contributed by atoms with Crippen LogP contribution in [0.4, 0.5) is 0 Å². The molecule has 0 saturated carbocycles. The third kappa shape index (κ3) is 10.2. The van der Waals surface area contributed by atoms with Crippen LogP contribution in [0.2, 0.25) is 0 Å². The number of hydrogen-bond donors (Lipinski definition) is 0. The fourth-order valence-electron chi connectivity index (χ4n) is 3.70. The molecule has 26 heavy (non-hydrogen) atoms. The van der Waals surface area contributed by atoms with Crippen molar-refractivity contribution in [1.82, 2.24) is 4.90 Å². The van der Waals surface area contributed by atoms with E-state index in [2.05, 4.69) is 50.1 Å². The lowest BCUT2D eigenvalue weighted by Gasteiger charge is -2.28. The molecule has 2 heteroatoms. The normalized spacial score (nSPS) is 11.5. The predicted octanol–water partition coefficient (Wildman–Crippen LogP) is 7.22. The molecule has 0 saturated heterocycles. The van der Waals surface area contributed by atoms with Crippen molar-refractivity contribution >= 4 is 0 Å². The maximum Gasteiger partial charge on any atom is 0.118 e. The lowest BCUT2D eigenvalue weighted by Crippen LogP contribution is -2.31. The van der Waals surface area contributed by atoms with E-state index in [4.69, 9.17) is 4.74 Å². The largest absolute Gasteiger partial charge is 0.497 e. The molecule has 1 aromatic rings. The molecule has 0 unspecified atom stereocenters. The van der Waals surface area contributed by atoms with Gasteiger partial charge in [0.2, 0.25) is 0 Å². The Hall–Kier alpha value is -1.02. The average molecular weight is 362 g/mol. The molecule has 0 fully saturated rings. The average Bonchev–Trinajstić information content (AvgIpc) is 2.66. The Morgan fingerprint density at radius 2 is 1.27 bits per heavy atom. The van der Waals surface area contributed by atoms with Gasteiger partial charge in [0.05, 0.1) is 7.11 Å². The van der Waals surface area contributed by atoms with Crippen LogP contribution in [0.3, 0.4) is 0 Å². The van der Waals surface area contributed by atoms with Crippen molar-refractivity contribution in [3.63, 3.8) is 0 Å². The van der Waals surface area contributed by atoms with Crippen LogP contribution in [0.1, 0.15) is 96.5 Å². The van der Waals surface area contributed by atoms with Gasteiger partial charge >= 0.3 is 0 Å². The Morgan fingerprint density at radius 1 is 0.769 bits per heavy atom. The lowest BCUT2D eigenvalue weighted by molar-refractivity contribution is 0.202. The number of unbranched alkanes of at least 4 members (excludes halogenated alkanes) is 8. The minimum absolute atomic E-state index is 0.723. The third-order valence-corrected chi connectivity index (χ3v) is 5.50. The first-order valence-electron chi connectivity index (χ1n) is 11.0. The second-order valence-corrected chi connectivity index (χ2v) is 7.82. The van der Waals surface area contributed by atoms with Crippen molar-refractivity contribution in [2.24, 2.45) is 0 Å². The van der Waals surface area contributed by atoms with Crippen molar-refractivity contribution < 1.29 is 4.74 Å². The summed E-state index contributed by atoms with van der Waals surface area (Å²) in [5, 5.41) is 0. The first-order chi connectivity index (χ1) is 12.7. The van der Waals surface area contributed by atoms with Crippen LogP contribution in [-0.2, 0) is 6.54 Å². The summed E-state index contributed by atoms with van der Waals surface area (Å²) < 4.78 is 5.28. The van der Waals surface area contributed by atoms with Crippen LogP contribution in [0.15, 0.2) is 24.3 Å². The highest BCUT2D eigenvalue weighted by atomic mass is 16.5. The summed E-state index contributed by atoms with van der Waals surface area (Å²) in [4.78, 5) is 2.58. The van der Waals surface area contributed by atoms with Crippen molar-refractivity contribution in [2.75, 3.05) is 14.2 Å². The standard InChI is InChI=1S/C24H43NO/c1-5-7-9-11-13-15-23(16-14-12-10-8-6-2)25(3)21-22-17-19-24(26-4)20-18-22/h17-20,23H,5-16,21H2,1-4H3. The molecule has 0 aromatic heterocycles. The van der Waals surface area contributed by atoms with E-state index in [9.17, 15) is 0 Å². The van der Waals surface area contributed by atoms with Crippen molar-refractivity contribution in [1.29, 1.82) is 0 Å². The molecule has 150 valence electrons. The number of rotatable bonds is 16. The van der Waals surface area contributed by atoms with Gasteiger partial charge in [0.15, 0.2) is 0 Å². The summed E-state index contributed by atoms with van der Waals surface area (Å²) >= 11 is 0. The molecule has 0 amide bonds. The van der Waals surface area contributed by atoms with Crippen LogP contribution < -0.4 is 4.74 Å². The summed E-state index contributed by atoms with van der Waals surface area (Å²) in [5.74, 6) is 0.944. The molecule has 0 bridgehead atoms. The van der Waals surface area contributed by atoms with E-state index in [1.54, 1.807) is 7.11 Å². The van der Waals surface area contributed by atoms with E-state index in [-0.39, 0.29) is 0 Å². The van der Waals surface area contributed by atoms with E-state index < -0.39 is 0 Å². The van der Waals surface area contributed by atoms with Crippen LogP contribution in [0.25, 0.3) is 0 Å². The minimum Gasteiger partial charge on any atom is -0.497 e. The number of methoxy groups -OCH3 is 1. The van der Waals surface area contributed by atoms with Gasteiger partial charge in [-0.3, -0.25) is 4.90 Å². The lowest BCUT2D eigenvalue weighted by atomic mass is 9.99. The van der Waals surface area contributed by atoms with Gasteiger partial charge in [-0.05, 0) is 37.6 Å². The van der Waals surface area contributed by atoms with Crippen LogP contribution in [0, 0.1) is 0 Å². The highest BCUT2D eigenvalue weighted by Crippen LogP contribution is 2.20. The molecular formula is C24H43NO. The number of hydrogen-bond acceptors (Lipinski definition) is 2. The molecule has 0 spiro atoms. The Labute approximate surface area is 163 Å². The van der Waals surface area contributed by atoms with E-state index >= 15 is 0 Å². The second-order valence-electron chi connectivity index (χ2n) is 7.82. The number of nitrogens with zero attached hydrogens (tertiary/aromatic N) is 1. The van der Waals surface area contributed by atoms with Crippen molar-refractivity contribution in [3.05, 3.63) is 29.8 Å². The van der Waals surface area contributed by atoms with Crippen LogP contribution in [-0.4, -0.2) is 25.1 Å². The SMILES string of the molecule is CCCCCCCC(CCCCCCC)N(C)Cc1ccc(OC)cc1. The quantitative estimate of drug-likeness (QED) is 0.288. The summed E-state index contributed by atoms with van der Waals surface area (Å²) in [6.45, 7) is 5.63. The Morgan fingerprint density at radius 3 is 1.73 bits per heavy atom. The molecule has 1 rings (SSSR count). The smallest absolute Gasteiger partial charge is 0.118 e. The summed E-state index contributed by atoms with van der Waals surface area (Å²) in [5.41, 5.74) is 1.38. The maximum absolute atomic E-state index is 5.28.